The normalized spacial score (nSPS) is 18.6. The lowest BCUT2D eigenvalue weighted by atomic mass is 10.1. The predicted molar refractivity (Wildman–Crippen MR) is 162 cm³/mol. The zero-order valence-electron chi connectivity index (χ0n) is 24.7. The van der Waals surface area contributed by atoms with Crippen LogP contribution in [0.1, 0.15) is 37.8 Å². The summed E-state index contributed by atoms with van der Waals surface area (Å²) in [5.41, 5.74) is 1.71. The number of nitrogens with zero attached hydrogens (tertiary/aromatic N) is 9. The first kappa shape index (κ1) is 28.7. The van der Waals surface area contributed by atoms with Crippen LogP contribution < -0.4 is 15.4 Å². The monoisotopic (exact) mass is 585 g/mol. The van der Waals surface area contributed by atoms with Gasteiger partial charge in [-0.05, 0) is 55.6 Å². The smallest absolute Gasteiger partial charge is 0.298 e. The molecule has 2 aromatic heterocycles. The van der Waals surface area contributed by atoms with Gasteiger partial charge in [0.15, 0.2) is 0 Å². The van der Waals surface area contributed by atoms with E-state index in [1.807, 2.05) is 4.90 Å². The number of hydrogen-bond donors (Lipinski definition) is 0. The lowest BCUT2D eigenvalue weighted by molar-refractivity contribution is -0.128. The third-order valence-corrected chi connectivity index (χ3v) is 9.07. The molecule has 12 heteroatoms. The van der Waals surface area contributed by atoms with E-state index in [1.165, 1.54) is 12.1 Å². The summed E-state index contributed by atoms with van der Waals surface area (Å²) in [6, 6.07) is 5.37. The van der Waals surface area contributed by atoms with E-state index in [2.05, 4.69) is 41.4 Å². The van der Waals surface area contributed by atoms with Gasteiger partial charge >= 0.3 is 0 Å². The molecular weight excluding hydrogens is 549 g/mol. The minimum Gasteiger partial charge on any atom is -0.352 e. The van der Waals surface area contributed by atoms with Crippen molar-refractivity contribution in [2.75, 3.05) is 55.6 Å². The molecular formula is C31H36FN9O2. The summed E-state index contributed by atoms with van der Waals surface area (Å²) in [7, 11) is 0. The van der Waals surface area contributed by atoms with Crippen molar-refractivity contribution in [2.45, 2.75) is 51.6 Å². The first-order valence-electron chi connectivity index (χ1n) is 15.0. The molecule has 3 aromatic rings. The fraction of sp³-hybridized carbons (Fsp3) is 0.484. The summed E-state index contributed by atoms with van der Waals surface area (Å²) in [5.74, 6) is 0.241. The molecule has 2 fully saturated rings. The van der Waals surface area contributed by atoms with Crippen molar-refractivity contribution in [1.82, 2.24) is 29.5 Å². The standard InChI is InChI=1S/C31H36FN9O2/c1-4-26(42)40-15-14-38(17-21(40)12-13-33)29-24-16-34-41(28-23-9-7-8-20(23)10-11-25(28)32)30(43)27(24)35-31(36-29)39-18-22(19-39)37(5-2)6-3/h4,10-11,16,21-22H,1,5-9,12,14-15,17-19H2,2-3H3. The summed E-state index contributed by atoms with van der Waals surface area (Å²) in [6.07, 6.45) is 5.38. The minimum atomic E-state index is -0.503. The Bertz CT molecular complexity index is 1670. The predicted octanol–water partition coefficient (Wildman–Crippen LogP) is 2.45. The van der Waals surface area contributed by atoms with Crippen LogP contribution in [0.15, 0.2) is 35.8 Å². The fourth-order valence-corrected chi connectivity index (χ4v) is 6.71. The molecule has 1 amide bonds. The molecule has 11 nitrogen and oxygen atoms in total. The maximum Gasteiger partial charge on any atom is 0.298 e. The quantitative estimate of drug-likeness (QED) is 0.368. The van der Waals surface area contributed by atoms with E-state index in [-0.39, 0.29) is 29.6 Å². The van der Waals surface area contributed by atoms with Gasteiger partial charge in [-0.25, -0.2) is 9.37 Å². The summed E-state index contributed by atoms with van der Waals surface area (Å²) in [6.45, 7) is 12.4. The van der Waals surface area contributed by atoms with Crippen molar-refractivity contribution in [3.05, 3.63) is 58.3 Å². The van der Waals surface area contributed by atoms with Gasteiger partial charge in [0, 0.05) is 38.8 Å². The Balaban J connectivity index is 1.46. The number of nitriles is 1. The van der Waals surface area contributed by atoms with Crippen LogP contribution >= 0.6 is 0 Å². The summed E-state index contributed by atoms with van der Waals surface area (Å²) < 4.78 is 16.4. The van der Waals surface area contributed by atoms with E-state index in [9.17, 15) is 14.9 Å². The zero-order valence-corrected chi connectivity index (χ0v) is 24.7. The largest absolute Gasteiger partial charge is 0.352 e. The molecule has 2 aliphatic heterocycles. The Hall–Kier alpha value is -4.37. The second kappa shape index (κ2) is 11.7. The number of piperazine rings is 1. The molecule has 0 radical (unpaired) electrons. The number of benzene rings is 1. The molecule has 2 saturated heterocycles. The molecule has 0 saturated carbocycles. The van der Waals surface area contributed by atoms with Crippen LogP contribution in [-0.2, 0) is 17.6 Å². The highest BCUT2D eigenvalue weighted by Crippen LogP contribution is 2.32. The van der Waals surface area contributed by atoms with Crippen LogP contribution in [0.3, 0.4) is 0 Å². The third-order valence-electron chi connectivity index (χ3n) is 9.07. The summed E-state index contributed by atoms with van der Waals surface area (Å²) in [4.78, 5) is 44.4. The zero-order chi connectivity index (χ0) is 30.2. The van der Waals surface area contributed by atoms with Gasteiger partial charge in [0.05, 0.1) is 30.1 Å². The van der Waals surface area contributed by atoms with Gasteiger partial charge < -0.3 is 14.7 Å². The molecule has 0 N–H and O–H groups in total. The molecule has 224 valence electrons. The Morgan fingerprint density at radius 2 is 1.95 bits per heavy atom. The molecule has 1 aromatic carbocycles. The van der Waals surface area contributed by atoms with Crippen molar-refractivity contribution in [3.63, 3.8) is 0 Å². The van der Waals surface area contributed by atoms with Crippen LogP contribution in [0, 0.1) is 17.1 Å². The van der Waals surface area contributed by atoms with Gasteiger partial charge in [-0.15, -0.1) is 0 Å². The molecule has 1 unspecified atom stereocenters. The second-order valence-corrected chi connectivity index (χ2v) is 11.3. The van der Waals surface area contributed by atoms with Gasteiger partial charge in [-0.3, -0.25) is 14.5 Å². The minimum absolute atomic E-state index is 0.146. The number of halogens is 1. The second-order valence-electron chi connectivity index (χ2n) is 11.3. The molecule has 4 heterocycles. The maximum absolute atomic E-state index is 15.3. The van der Waals surface area contributed by atoms with Gasteiger partial charge in [-0.1, -0.05) is 26.5 Å². The summed E-state index contributed by atoms with van der Waals surface area (Å²) in [5, 5.41) is 14.4. The summed E-state index contributed by atoms with van der Waals surface area (Å²) >= 11 is 0. The van der Waals surface area contributed by atoms with Crippen molar-refractivity contribution in [2.24, 2.45) is 0 Å². The highest BCUT2D eigenvalue weighted by Gasteiger charge is 2.35. The maximum atomic E-state index is 15.3. The van der Waals surface area contributed by atoms with Crippen LogP contribution in [0.5, 0.6) is 0 Å². The highest BCUT2D eigenvalue weighted by atomic mass is 19.1. The first-order chi connectivity index (χ1) is 20.9. The van der Waals surface area contributed by atoms with E-state index >= 15 is 4.39 Å². The number of fused-ring (bicyclic) bond motifs is 2. The Kier molecular flexibility index (Phi) is 7.83. The molecule has 0 bridgehead atoms. The number of carbonyl (C=O) groups is 1. The molecule has 43 heavy (non-hydrogen) atoms. The van der Waals surface area contributed by atoms with E-state index in [0.29, 0.717) is 49.2 Å². The Labute approximate surface area is 249 Å². The van der Waals surface area contributed by atoms with Crippen LogP contribution in [0.2, 0.25) is 0 Å². The van der Waals surface area contributed by atoms with Gasteiger partial charge in [0.25, 0.3) is 5.56 Å². The lowest BCUT2D eigenvalue weighted by Crippen LogP contribution is -2.60. The van der Waals surface area contributed by atoms with Crippen molar-refractivity contribution >= 4 is 28.6 Å². The average molecular weight is 586 g/mol. The fourth-order valence-electron chi connectivity index (χ4n) is 6.71. The topological polar surface area (TPSA) is 114 Å². The van der Waals surface area contributed by atoms with E-state index in [4.69, 9.17) is 9.97 Å². The molecule has 0 spiro atoms. The number of hydrogen-bond acceptors (Lipinski definition) is 9. The SMILES string of the molecule is C=CC(=O)N1CCN(c2nc(N3CC(N(CC)CC)C3)nc3c(=O)n(-c4c(F)ccc5c4CCC5)ncc23)CC1CC#N. The number of anilines is 2. The van der Waals surface area contributed by atoms with Crippen molar-refractivity contribution in [1.29, 1.82) is 5.26 Å². The van der Waals surface area contributed by atoms with Crippen molar-refractivity contribution in [3.8, 4) is 11.8 Å². The number of rotatable bonds is 8. The first-order valence-corrected chi connectivity index (χ1v) is 15.0. The molecule has 1 aliphatic carbocycles. The lowest BCUT2D eigenvalue weighted by Gasteiger charge is -2.45. The van der Waals surface area contributed by atoms with E-state index in [0.717, 1.165) is 54.8 Å². The van der Waals surface area contributed by atoms with E-state index in [1.54, 1.807) is 17.2 Å². The number of aryl methyl sites for hydroxylation is 1. The van der Waals surface area contributed by atoms with Crippen LogP contribution in [0.4, 0.5) is 16.2 Å². The van der Waals surface area contributed by atoms with Crippen LogP contribution in [0.25, 0.3) is 16.6 Å². The number of carbonyl (C=O) groups excluding carboxylic acids is 1. The Morgan fingerprint density at radius 1 is 1.16 bits per heavy atom. The van der Waals surface area contributed by atoms with Gasteiger partial charge in [0.1, 0.15) is 22.8 Å². The van der Waals surface area contributed by atoms with Gasteiger partial charge in [-0.2, -0.15) is 20.0 Å². The van der Waals surface area contributed by atoms with Gasteiger partial charge in [0.2, 0.25) is 11.9 Å². The third kappa shape index (κ3) is 5.01. The number of aromatic nitrogens is 4. The molecule has 6 rings (SSSR count). The number of amides is 1. The number of likely N-dealkylation sites (N-methyl/N-ethyl adjacent to an activating group) is 1. The molecule has 1 atom stereocenters. The highest BCUT2D eigenvalue weighted by molar-refractivity contribution is 5.90. The molecule has 3 aliphatic rings. The average Bonchev–Trinajstić information content (AvgIpc) is 3.48. The van der Waals surface area contributed by atoms with E-state index < -0.39 is 11.4 Å². The van der Waals surface area contributed by atoms with Crippen molar-refractivity contribution < 1.29 is 9.18 Å². The van der Waals surface area contributed by atoms with Crippen LogP contribution in [-0.4, -0.2) is 93.4 Å². The Morgan fingerprint density at radius 3 is 2.67 bits per heavy atom.